The van der Waals surface area contributed by atoms with Crippen molar-refractivity contribution in [2.45, 2.75) is 26.1 Å². The Morgan fingerprint density at radius 1 is 1.40 bits per heavy atom. The molecule has 0 bridgehead atoms. The van der Waals surface area contributed by atoms with Crippen molar-refractivity contribution in [1.82, 2.24) is 0 Å². The minimum Gasteiger partial charge on any atom is -0.460 e. The summed E-state index contributed by atoms with van der Waals surface area (Å²) in [5.41, 5.74) is 2.29. The molecule has 0 radical (unpaired) electrons. The molecule has 0 saturated heterocycles. The standard InChI is InChI=1S/C13H16O2/c1-3-4-9-12-10-7-5-6-8-11(10)13(14-2)15-12/h5-9,13H,3-4H2,1-2H3/b12-9+. The van der Waals surface area contributed by atoms with Gasteiger partial charge in [0.2, 0.25) is 6.29 Å². The zero-order valence-corrected chi connectivity index (χ0v) is 9.19. The number of allylic oxidation sites excluding steroid dienone is 1. The van der Waals surface area contributed by atoms with Gasteiger partial charge in [-0.3, -0.25) is 0 Å². The van der Waals surface area contributed by atoms with E-state index in [2.05, 4.69) is 25.1 Å². The van der Waals surface area contributed by atoms with Crippen LogP contribution in [0.2, 0.25) is 0 Å². The highest BCUT2D eigenvalue weighted by molar-refractivity contribution is 5.66. The lowest BCUT2D eigenvalue weighted by Gasteiger charge is -2.08. The van der Waals surface area contributed by atoms with Crippen molar-refractivity contribution >= 4 is 5.76 Å². The molecule has 0 fully saturated rings. The van der Waals surface area contributed by atoms with Crippen LogP contribution >= 0.6 is 0 Å². The predicted molar refractivity (Wildman–Crippen MR) is 60.2 cm³/mol. The van der Waals surface area contributed by atoms with Crippen LogP contribution in [0.15, 0.2) is 30.3 Å². The lowest BCUT2D eigenvalue weighted by molar-refractivity contribution is -0.0650. The van der Waals surface area contributed by atoms with Crippen molar-refractivity contribution in [2.75, 3.05) is 7.11 Å². The summed E-state index contributed by atoms with van der Waals surface area (Å²) in [6, 6.07) is 8.17. The van der Waals surface area contributed by atoms with Crippen molar-refractivity contribution in [1.29, 1.82) is 0 Å². The predicted octanol–water partition coefficient (Wildman–Crippen LogP) is 3.50. The van der Waals surface area contributed by atoms with Crippen molar-refractivity contribution in [3.63, 3.8) is 0 Å². The molecule has 0 N–H and O–H groups in total. The van der Waals surface area contributed by atoms with Gasteiger partial charge in [-0.25, -0.2) is 0 Å². The molecular formula is C13H16O2. The molecule has 0 aromatic heterocycles. The van der Waals surface area contributed by atoms with Crippen molar-refractivity contribution in [2.24, 2.45) is 0 Å². The maximum Gasteiger partial charge on any atom is 0.227 e. The first-order chi connectivity index (χ1) is 7.36. The summed E-state index contributed by atoms with van der Waals surface area (Å²) in [5, 5.41) is 0. The Bertz CT molecular complexity index is 369. The number of benzene rings is 1. The zero-order chi connectivity index (χ0) is 10.7. The smallest absolute Gasteiger partial charge is 0.227 e. The van der Waals surface area contributed by atoms with Crippen LogP contribution in [0, 0.1) is 0 Å². The van der Waals surface area contributed by atoms with E-state index >= 15 is 0 Å². The summed E-state index contributed by atoms with van der Waals surface area (Å²) >= 11 is 0. The maximum atomic E-state index is 5.72. The van der Waals surface area contributed by atoms with E-state index in [0.717, 1.165) is 29.7 Å². The quantitative estimate of drug-likeness (QED) is 0.750. The van der Waals surface area contributed by atoms with Gasteiger partial charge >= 0.3 is 0 Å². The third-order valence-electron chi connectivity index (χ3n) is 2.55. The molecule has 1 atom stereocenters. The van der Waals surface area contributed by atoms with Crippen LogP contribution in [-0.2, 0) is 9.47 Å². The Hall–Kier alpha value is -1.28. The number of ether oxygens (including phenoxy) is 2. The second-order valence-electron chi connectivity index (χ2n) is 3.63. The molecule has 1 unspecified atom stereocenters. The molecule has 0 aliphatic carbocycles. The summed E-state index contributed by atoms with van der Waals surface area (Å²) in [5.74, 6) is 0.958. The minimum absolute atomic E-state index is 0.232. The summed E-state index contributed by atoms with van der Waals surface area (Å²) in [4.78, 5) is 0. The fraction of sp³-hybridized carbons (Fsp3) is 0.385. The number of hydrogen-bond donors (Lipinski definition) is 0. The van der Waals surface area contributed by atoms with Crippen LogP contribution < -0.4 is 0 Å². The van der Waals surface area contributed by atoms with E-state index in [4.69, 9.17) is 9.47 Å². The topological polar surface area (TPSA) is 18.5 Å². The average molecular weight is 204 g/mol. The number of unbranched alkanes of at least 4 members (excludes halogenated alkanes) is 1. The average Bonchev–Trinajstić information content (AvgIpc) is 2.65. The van der Waals surface area contributed by atoms with Crippen LogP contribution in [0.3, 0.4) is 0 Å². The van der Waals surface area contributed by atoms with E-state index in [-0.39, 0.29) is 6.29 Å². The Kier molecular flexibility index (Phi) is 3.07. The van der Waals surface area contributed by atoms with Gasteiger partial charge in [0, 0.05) is 18.2 Å². The van der Waals surface area contributed by atoms with Gasteiger partial charge in [0.05, 0.1) is 0 Å². The van der Waals surface area contributed by atoms with Gasteiger partial charge in [-0.05, 0) is 12.5 Å². The maximum absolute atomic E-state index is 5.72. The molecule has 1 aliphatic rings. The second-order valence-corrected chi connectivity index (χ2v) is 3.63. The summed E-state index contributed by atoms with van der Waals surface area (Å²) in [6.45, 7) is 2.16. The van der Waals surface area contributed by atoms with Gasteiger partial charge in [0.1, 0.15) is 5.76 Å². The molecule has 2 heteroatoms. The Balaban J connectivity index is 2.33. The number of methoxy groups -OCH3 is 1. The summed E-state index contributed by atoms with van der Waals surface area (Å²) in [6.07, 6.45) is 4.08. The third kappa shape index (κ3) is 1.90. The molecule has 1 aliphatic heterocycles. The second kappa shape index (κ2) is 4.49. The fourth-order valence-corrected chi connectivity index (χ4v) is 1.78. The highest BCUT2D eigenvalue weighted by Crippen LogP contribution is 2.38. The normalized spacial score (nSPS) is 21.5. The molecule has 1 aromatic carbocycles. The minimum atomic E-state index is -0.232. The Morgan fingerprint density at radius 3 is 2.93 bits per heavy atom. The van der Waals surface area contributed by atoms with Gasteiger partial charge in [0.25, 0.3) is 0 Å². The fourth-order valence-electron chi connectivity index (χ4n) is 1.78. The molecule has 2 rings (SSSR count). The number of rotatable bonds is 3. The molecular weight excluding hydrogens is 188 g/mol. The monoisotopic (exact) mass is 204 g/mol. The molecule has 0 saturated carbocycles. The lowest BCUT2D eigenvalue weighted by Crippen LogP contribution is -1.96. The van der Waals surface area contributed by atoms with E-state index in [0.29, 0.717) is 0 Å². The van der Waals surface area contributed by atoms with Gasteiger partial charge in [-0.1, -0.05) is 37.6 Å². The molecule has 2 nitrogen and oxygen atoms in total. The summed E-state index contributed by atoms with van der Waals surface area (Å²) < 4.78 is 11.0. The Morgan fingerprint density at radius 2 is 2.20 bits per heavy atom. The van der Waals surface area contributed by atoms with E-state index in [1.807, 2.05) is 12.1 Å². The molecule has 0 spiro atoms. The highest BCUT2D eigenvalue weighted by atomic mass is 16.7. The molecule has 80 valence electrons. The Labute approximate surface area is 90.5 Å². The van der Waals surface area contributed by atoms with Crippen LogP contribution in [0.4, 0.5) is 0 Å². The van der Waals surface area contributed by atoms with Gasteiger partial charge < -0.3 is 9.47 Å². The highest BCUT2D eigenvalue weighted by Gasteiger charge is 2.26. The first-order valence-corrected chi connectivity index (χ1v) is 5.35. The largest absolute Gasteiger partial charge is 0.460 e. The summed E-state index contributed by atoms with van der Waals surface area (Å²) in [7, 11) is 1.67. The number of fused-ring (bicyclic) bond motifs is 1. The molecule has 1 heterocycles. The number of hydrogen-bond acceptors (Lipinski definition) is 2. The van der Waals surface area contributed by atoms with Crippen LogP contribution in [0.5, 0.6) is 0 Å². The van der Waals surface area contributed by atoms with Crippen LogP contribution in [0.25, 0.3) is 5.76 Å². The lowest BCUT2D eigenvalue weighted by atomic mass is 10.1. The van der Waals surface area contributed by atoms with E-state index in [9.17, 15) is 0 Å². The van der Waals surface area contributed by atoms with Crippen molar-refractivity contribution < 1.29 is 9.47 Å². The molecule has 0 amide bonds. The van der Waals surface area contributed by atoms with E-state index in [1.54, 1.807) is 7.11 Å². The first kappa shape index (κ1) is 10.2. The SMILES string of the molecule is CCC/C=C1/OC(OC)c2ccccc21. The van der Waals surface area contributed by atoms with Gasteiger partial charge in [-0.2, -0.15) is 0 Å². The van der Waals surface area contributed by atoms with Crippen LogP contribution in [-0.4, -0.2) is 7.11 Å². The van der Waals surface area contributed by atoms with Crippen molar-refractivity contribution in [3.8, 4) is 0 Å². The van der Waals surface area contributed by atoms with Gasteiger partial charge in [-0.15, -0.1) is 0 Å². The van der Waals surface area contributed by atoms with E-state index in [1.165, 1.54) is 0 Å². The van der Waals surface area contributed by atoms with Crippen molar-refractivity contribution in [3.05, 3.63) is 41.5 Å². The zero-order valence-electron chi connectivity index (χ0n) is 9.19. The van der Waals surface area contributed by atoms with Crippen LogP contribution in [0.1, 0.15) is 37.2 Å². The van der Waals surface area contributed by atoms with Gasteiger partial charge in [0.15, 0.2) is 0 Å². The molecule has 1 aromatic rings. The first-order valence-electron chi connectivity index (χ1n) is 5.35. The molecule has 15 heavy (non-hydrogen) atoms. The third-order valence-corrected chi connectivity index (χ3v) is 2.55. The van der Waals surface area contributed by atoms with E-state index < -0.39 is 0 Å².